The van der Waals surface area contributed by atoms with Gasteiger partial charge in [-0.15, -0.1) is 0 Å². The van der Waals surface area contributed by atoms with Gasteiger partial charge in [-0.2, -0.15) is 0 Å². The minimum Gasteiger partial charge on any atom is -0.480 e. The molecule has 0 fully saturated rings. The third-order valence-corrected chi connectivity index (χ3v) is 3.24. The Morgan fingerprint density at radius 2 is 2.15 bits per heavy atom. The van der Waals surface area contributed by atoms with E-state index in [9.17, 15) is 4.79 Å². The molecule has 5 nitrogen and oxygen atoms in total. The van der Waals surface area contributed by atoms with E-state index >= 15 is 0 Å². The van der Waals surface area contributed by atoms with Crippen LogP contribution in [0.25, 0.3) is 11.0 Å². The van der Waals surface area contributed by atoms with Crippen molar-refractivity contribution in [3.05, 3.63) is 24.0 Å². The van der Waals surface area contributed by atoms with Gasteiger partial charge in [0.1, 0.15) is 11.9 Å². The summed E-state index contributed by atoms with van der Waals surface area (Å²) in [5.74, 6) is 0.0857. The molecule has 0 radical (unpaired) electrons. The molecule has 2 rings (SSSR count). The van der Waals surface area contributed by atoms with Crippen LogP contribution in [0.15, 0.2) is 18.2 Å². The van der Waals surface area contributed by atoms with Gasteiger partial charge in [-0.1, -0.05) is 27.7 Å². The molecule has 1 atom stereocenters. The molecule has 3 N–H and O–H groups in total. The van der Waals surface area contributed by atoms with Gasteiger partial charge >= 0.3 is 5.97 Å². The monoisotopic (exact) mass is 275 g/mol. The van der Waals surface area contributed by atoms with Crippen molar-refractivity contribution in [1.29, 1.82) is 0 Å². The molecule has 20 heavy (non-hydrogen) atoms. The van der Waals surface area contributed by atoms with Crippen LogP contribution in [0.4, 0.5) is 5.69 Å². The lowest BCUT2D eigenvalue weighted by Crippen LogP contribution is -2.28. The fraction of sp³-hybridized carbons (Fsp3) is 0.467. The third kappa shape index (κ3) is 2.92. The van der Waals surface area contributed by atoms with E-state index in [0.29, 0.717) is 6.42 Å². The number of nitrogens with one attached hydrogen (secondary N) is 2. The average molecular weight is 275 g/mol. The Hall–Kier alpha value is -2.04. The fourth-order valence-electron chi connectivity index (χ4n) is 1.99. The standard InChI is InChI=1S/C15H21N3O2/c1-5-10(13(19)20)16-9-6-7-11-12(8-9)18-14(17-11)15(2,3)4/h6-8,10,16H,5H2,1-4H3,(H,17,18)(H,19,20). The Balaban J connectivity index is 2.31. The lowest BCUT2D eigenvalue weighted by atomic mass is 9.96. The van der Waals surface area contributed by atoms with Crippen molar-refractivity contribution in [3.63, 3.8) is 0 Å². The topological polar surface area (TPSA) is 78.0 Å². The quantitative estimate of drug-likeness (QED) is 0.801. The summed E-state index contributed by atoms with van der Waals surface area (Å²) in [6.45, 7) is 8.14. The molecule has 1 aromatic carbocycles. The molecule has 0 aliphatic carbocycles. The minimum absolute atomic E-state index is 0.0420. The van der Waals surface area contributed by atoms with Gasteiger partial charge in [-0.05, 0) is 24.6 Å². The smallest absolute Gasteiger partial charge is 0.326 e. The van der Waals surface area contributed by atoms with E-state index in [1.807, 2.05) is 25.1 Å². The molecule has 0 bridgehead atoms. The molecule has 5 heteroatoms. The van der Waals surface area contributed by atoms with Crippen molar-refractivity contribution in [1.82, 2.24) is 9.97 Å². The number of aliphatic carboxylic acids is 1. The van der Waals surface area contributed by atoms with Crippen molar-refractivity contribution in [3.8, 4) is 0 Å². The van der Waals surface area contributed by atoms with Gasteiger partial charge in [-0.25, -0.2) is 9.78 Å². The third-order valence-electron chi connectivity index (χ3n) is 3.24. The molecular formula is C15H21N3O2. The van der Waals surface area contributed by atoms with Crippen LogP contribution >= 0.6 is 0 Å². The number of imidazole rings is 1. The van der Waals surface area contributed by atoms with Crippen LogP contribution in [0.3, 0.4) is 0 Å². The Morgan fingerprint density at radius 3 is 2.70 bits per heavy atom. The first-order chi connectivity index (χ1) is 9.31. The number of rotatable bonds is 4. The summed E-state index contributed by atoms with van der Waals surface area (Å²) in [7, 11) is 0. The van der Waals surface area contributed by atoms with Gasteiger partial charge in [0.05, 0.1) is 11.0 Å². The molecule has 1 heterocycles. The Kier molecular flexibility index (Phi) is 3.70. The number of H-pyrrole nitrogens is 1. The second-order valence-corrected chi connectivity index (χ2v) is 6.01. The molecule has 0 saturated heterocycles. The number of hydrogen-bond donors (Lipinski definition) is 3. The normalized spacial score (nSPS) is 13.4. The summed E-state index contributed by atoms with van der Waals surface area (Å²) >= 11 is 0. The largest absolute Gasteiger partial charge is 0.480 e. The predicted octanol–water partition coefficient (Wildman–Crippen LogP) is 3.14. The first kappa shape index (κ1) is 14.4. The zero-order valence-corrected chi connectivity index (χ0v) is 12.3. The summed E-state index contributed by atoms with van der Waals surface area (Å²) in [5, 5.41) is 12.1. The van der Waals surface area contributed by atoms with E-state index in [1.54, 1.807) is 0 Å². The van der Waals surface area contributed by atoms with Crippen LogP contribution in [0.5, 0.6) is 0 Å². The van der Waals surface area contributed by atoms with Gasteiger partial charge in [0, 0.05) is 11.1 Å². The summed E-state index contributed by atoms with van der Waals surface area (Å²) in [4.78, 5) is 18.9. The maximum atomic E-state index is 11.1. The first-order valence-corrected chi connectivity index (χ1v) is 6.81. The van der Waals surface area contributed by atoms with Crippen LogP contribution in [-0.4, -0.2) is 27.1 Å². The SMILES string of the molecule is CCC(Nc1ccc2nc(C(C)(C)C)[nH]c2c1)C(=O)O. The van der Waals surface area contributed by atoms with Crippen LogP contribution in [0.1, 0.15) is 39.9 Å². The number of aromatic amines is 1. The van der Waals surface area contributed by atoms with Crippen molar-refractivity contribution < 1.29 is 9.90 Å². The number of carboxylic acids is 1. The van der Waals surface area contributed by atoms with E-state index in [1.165, 1.54) is 0 Å². The highest BCUT2D eigenvalue weighted by Crippen LogP contribution is 2.24. The minimum atomic E-state index is -0.840. The maximum absolute atomic E-state index is 11.1. The Labute approximate surface area is 118 Å². The molecule has 0 amide bonds. The molecular weight excluding hydrogens is 254 g/mol. The van der Waals surface area contributed by atoms with Crippen molar-refractivity contribution in [2.24, 2.45) is 0 Å². The second kappa shape index (κ2) is 5.15. The molecule has 0 aliphatic rings. The van der Waals surface area contributed by atoms with E-state index in [4.69, 9.17) is 5.11 Å². The number of aromatic nitrogens is 2. The predicted molar refractivity (Wildman–Crippen MR) is 80.1 cm³/mol. The summed E-state index contributed by atoms with van der Waals surface area (Å²) in [6.07, 6.45) is 0.531. The highest BCUT2D eigenvalue weighted by Gasteiger charge is 2.19. The summed E-state index contributed by atoms with van der Waals surface area (Å²) < 4.78 is 0. The van der Waals surface area contributed by atoms with E-state index in [2.05, 4.69) is 36.1 Å². The van der Waals surface area contributed by atoms with Gasteiger partial charge < -0.3 is 15.4 Å². The van der Waals surface area contributed by atoms with Crippen molar-refractivity contribution in [2.75, 3.05) is 5.32 Å². The molecule has 0 saturated carbocycles. The molecule has 1 aromatic heterocycles. The second-order valence-electron chi connectivity index (χ2n) is 6.01. The maximum Gasteiger partial charge on any atom is 0.326 e. The Bertz CT molecular complexity index is 626. The highest BCUT2D eigenvalue weighted by atomic mass is 16.4. The van der Waals surface area contributed by atoms with E-state index in [-0.39, 0.29) is 5.41 Å². The van der Waals surface area contributed by atoms with Crippen LogP contribution < -0.4 is 5.32 Å². The number of nitrogens with zero attached hydrogens (tertiary/aromatic N) is 1. The summed E-state index contributed by atoms with van der Waals surface area (Å²) in [5.41, 5.74) is 2.56. The molecule has 0 aliphatic heterocycles. The zero-order valence-electron chi connectivity index (χ0n) is 12.3. The van der Waals surface area contributed by atoms with E-state index in [0.717, 1.165) is 22.5 Å². The number of fused-ring (bicyclic) bond motifs is 1. The van der Waals surface area contributed by atoms with Crippen LogP contribution in [0, 0.1) is 0 Å². The average Bonchev–Trinajstić information content (AvgIpc) is 2.78. The van der Waals surface area contributed by atoms with Gasteiger partial charge in [0.15, 0.2) is 0 Å². The summed E-state index contributed by atoms with van der Waals surface area (Å²) in [6, 6.07) is 5.10. The molecule has 2 aromatic rings. The zero-order chi connectivity index (χ0) is 14.9. The lowest BCUT2D eigenvalue weighted by molar-refractivity contribution is -0.137. The van der Waals surface area contributed by atoms with Crippen molar-refractivity contribution in [2.45, 2.75) is 45.6 Å². The number of benzene rings is 1. The number of carboxylic acid groups (broad SMARTS) is 1. The van der Waals surface area contributed by atoms with Crippen LogP contribution in [0.2, 0.25) is 0 Å². The van der Waals surface area contributed by atoms with Gasteiger partial charge in [0.25, 0.3) is 0 Å². The molecule has 108 valence electrons. The number of hydrogen-bond acceptors (Lipinski definition) is 3. The van der Waals surface area contributed by atoms with E-state index < -0.39 is 12.0 Å². The van der Waals surface area contributed by atoms with Gasteiger partial charge in [-0.3, -0.25) is 0 Å². The molecule has 1 unspecified atom stereocenters. The number of carbonyl (C=O) groups is 1. The van der Waals surface area contributed by atoms with Gasteiger partial charge in [0.2, 0.25) is 0 Å². The number of anilines is 1. The lowest BCUT2D eigenvalue weighted by Gasteiger charge is -2.14. The fourth-order valence-corrected chi connectivity index (χ4v) is 1.99. The molecule has 0 spiro atoms. The Morgan fingerprint density at radius 1 is 1.45 bits per heavy atom. The highest BCUT2D eigenvalue weighted by molar-refractivity contribution is 5.82. The van der Waals surface area contributed by atoms with Crippen LogP contribution in [-0.2, 0) is 10.2 Å². The van der Waals surface area contributed by atoms with Crippen molar-refractivity contribution >= 4 is 22.7 Å². The first-order valence-electron chi connectivity index (χ1n) is 6.81.